The van der Waals surface area contributed by atoms with Crippen molar-refractivity contribution in [3.8, 4) is 11.5 Å². The van der Waals surface area contributed by atoms with Gasteiger partial charge in [-0.1, -0.05) is 0 Å². The lowest BCUT2D eigenvalue weighted by atomic mass is 10.1. The van der Waals surface area contributed by atoms with E-state index in [4.69, 9.17) is 10.5 Å². The Morgan fingerprint density at radius 3 is 2.76 bits per heavy atom. The molecule has 1 amide bonds. The van der Waals surface area contributed by atoms with Gasteiger partial charge in [-0.05, 0) is 25.1 Å². The summed E-state index contributed by atoms with van der Waals surface area (Å²) in [5, 5.41) is 9.68. The summed E-state index contributed by atoms with van der Waals surface area (Å²) >= 11 is 0. The number of carbonyl (C=O) groups excluding carboxylic acids is 1. The second kappa shape index (κ2) is 6.10. The van der Waals surface area contributed by atoms with E-state index in [1.807, 2.05) is 6.92 Å². The van der Waals surface area contributed by atoms with Crippen LogP contribution in [0.4, 0.5) is 0 Å². The monoisotopic (exact) mass is 238 g/mol. The molecule has 0 aliphatic rings. The van der Waals surface area contributed by atoms with Crippen LogP contribution in [0, 0.1) is 0 Å². The molecule has 5 nitrogen and oxygen atoms in total. The Hall–Kier alpha value is -1.75. The van der Waals surface area contributed by atoms with E-state index in [2.05, 4.69) is 0 Å². The van der Waals surface area contributed by atoms with Crippen molar-refractivity contribution in [2.45, 2.75) is 6.92 Å². The molecule has 3 N–H and O–H groups in total. The van der Waals surface area contributed by atoms with Crippen molar-refractivity contribution >= 4 is 5.91 Å². The molecule has 1 aromatic carbocycles. The third-order valence-electron chi connectivity index (χ3n) is 2.50. The Morgan fingerprint density at radius 1 is 1.53 bits per heavy atom. The van der Waals surface area contributed by atoms with Gasteiger partial charge in [-0.2, -0.15) is 0 Å². The van der Waals surface area contributed by atoms with Gasteiger partial charge >= 0.3 is 0 Å². The highest BCUT2D eigenvalue weighted by Crippen LogP contribution is 2.24. The minimum Gasteiger partial charge on any atom is -0.507 e. The van der Waals surface area contributed by atoms with Crippen molar-refractivity contribution in [2.75, 3.05) is 26.7 Å². The van der Waals surface area contributed by atoms with Crippen LogP contribution in [0.5, 0.6) is 11.5 Å². The zero-order chi connectivity index (χ0) is 12.8. The van der Waals surface area contributed by atoms with Crippen LogP contribution in [-0.4, -0.2) is 42.7 Å². The second-order valence-corrected chi connectivity index (χ2v) is 3.56. The van der Waals surface area contributed by atoms with Crippen molar-refractivity contribution in [3.63, 3.8) is 0 Å². The van der Waals surface area contributed by atoms with Crippen LogP contribution in [0.15, 0.2) is 18.2 Å². The molecule has 94 valence electrons. The highest BCUT2D eigenvalue weighted by molar-refractivity contribution is 5.97. The highest BCUT2D eigenvalue weighted by Gasteiger charge is 2.17. The van der Waals surface area contributed by atoms with Gasteiger partial charge in [-0.15, -0.1) is 0 Å². The fraction of sp³-hybridized carbons (Fsp3) is 0.417. The van der Waals surface area contributed by atoms with Gasteiger partial charge in [0.15, 0.2) is 0 Å². The molecule has 5 heteroatoms. The maximum absolute atomic E-state index is 12.1. The van der Waals surface area contributed by atoms with E-state index in [1.165, 1.54) is 19.2 Å². The Kier molecular flexibility index (Phi) is 4.78. The van der Waals surface area contributed by atoms with Gasteiger partial charge in [0.1, 0.15) is 11.5 Å². The van der Waals surface area contributed by atoms with Gasteiger partial charge in [-0.25, -0.2) is 0 Å². The van der Waals surface area contributed by atoms with E-state index in [0.29, 0.717) is 25.4 Å². The summed E-state index contributed by atoms with van der Waals surface area (Å²) < 4.78 is 5.03. The van der Waals surface area contributed by atoms with Crippen LogP contribution in [0.1, 0.15) is 17.3 Å². The van der Waals surface area contributed by atoms with Gasteiger partial charge in [0.05, 0.1) is 12.7 Å². The molecule has 0 fully saturated rings. The molecule has 1 aromatic rings. The van der Waals surface area contributed by atoms with Gasteiger partial charge < -0.3 is 20.5 Å². The van der Waals surface area contributed by atoms with Crippen molar-refractivity contribution in [3.05, 3.63) is 23.8 Å². The number of nitrogens with two attached hydrogens (primary N) is 1. The molecule has 0 bridgehead atoms. The van der Waals surface area contributed by atoms with Gasteiger partial charge in [0, 0.05) is 19.6 Å². The summed E-state index contributed by atoms with van der Waals surface area (Å²) in [6.45, 7) is 3.27. The van der Waals surface area contributed by atoms with Crippen LogP contribution in [0.3, 0.4) is 0 Å². The predicted octanol–water partition coefficient (Wildman–Crippen LogP) is 0.822. The second-order valence-electron chi connectivity index (χ2n) is 3.56. The van der Waals surface area contributed by atoms with E-state index in [0.717, 1.165) is 0 Å². The molecule has 0 saturated heterocycles. The standard InChI is InChI=1S/C12H18N2O3/c1-3-14(7-6-13)12(16)10-8-9(17-2)4-5-11(10)15/h4-5,8,15H,3,6-7,13H2,1-2H3. The summed E-state index contributed by atoms with van der Waals surface area (Å²) in [6, 6.07) is 4.57. The number of benzene rings is 1. The molecule has 0 aliphatic heterocycles. The lowest BCUT2D eigenvalue weighted by Crippen LogP contribution is -2.35. The first-order chi connectivity index (χ1) is 8.13. The average Bonchev–Trinajstić information content (AvgIpc) is 2.35. The summed E-state index contributed by atoms with van der Waals surface area (Å²) in [5.41, 5.74) is 5.67. The van der Waals surface area contributed by atoms with Crippen LogP contribution < -0.4 is 10.5 Å². The molecular weight excluding hydrogens is 220 g/mol. The quantitative estimate of drug-likeness (QED) is 0.796. The van der Waals surface area contributed by atoms with Crippen molar-refractivity contribution in [2.24, 2.45) is 5.73 Å². The number of phenolic OH excluding ortho intramolecular Hbond substituents is 1. The van der Waals surface area contributed by atoms with Gasteiger partial charge in [0.25, 0.3) is 5.91 Å². The van der Waals surface area contributed by atoms with Crippen LogP contribution in [0.25, 0.3) is 0 Å². The number of amides is 1. The fourth-order valence-corrected chi connectivity index (χ4v) is 1.54. The third kappa shape index (κ3) is 3.10. The molecule has 0 atom stereocenters. The van der Waals surface area contributed by atoms with Crippen molar-refractivity contribution in [1.29, 1.82) is 0 Å². The first-order valence-corrected chi connectivity index (χ1v) is 5.50. The molecule has 17 heavy (non-hydrogen) atoms. The highest BCUT2D eigenvalue weighted by atomic mass is 16.5. The van der Waals surface area contributed by atoms with E-state index >= 15 is 0 Å². The van der Waals surface area contributed by atoms with Crippen LogP contribution in [-0.2, 0) is 0 Å². The van der Waals surface area contributed by atoms with Gasteiger partial charge in [0.2, 0.25) is 0 Å². The number of aromatic hydroxyl groups is 1. The average molecular weight is 238 g/mol. The molecule has 0 saturated carbocycles. The Balaban J connectivity index is 3.01. The summed E-state index contributed by atoms with van der Waals surface area (Å²) in [7, 11) is 1.51. The fourth-order valence-electron chi connectivity index (χ4n) is 1.54. The lowest BCUT2D eigenvalue weighted by Gasteiger charge is -2.20. The zero-order valence-electron chi connectivity index (χ0n) is 10.1. The van der Waals surface area contributed by atoms with E-state index in [-0.39, 0.29) is 17.2 Å². The summed E-state index contributed by atoms with van der Waals surface area (Å²) in [6.07, 6.45) is 0. The van der Waals surface area contributed by atoms with E-state index in [9.17, 15) is 9.90 Å². The number of carbonyl (C=O) groups is 1. The number of phenols is 1. The maximum Gasteiger partial charge on any atom is 0.257 e. The normalized spacial score (nSPS) is 10.1. The first kappa shape index (κ1) is 13.3. The number of ether oxygens (including phenoxy) is 1. The zero-order valence-corrected chi connectivity index (χ0v) is 10.1. The summed E-state index contributed by atoms with van der Waals surface area (Å²) in [5.74, 6) is 0.246. The number of rotatable bonds is 5. The molecule has 0 aromatic heterocycles. The molecule has 0 radical (unpaired) electrons. The predicted molar refractivity (Wildman–Crippen MR) is 65.3 cm³/mol. The summed E-state index contributed by atoms with van der Waals surface area (Å²) in [4.78, 5) is 13.7. The molecule has 1 rings (SSSR count). The number of hydrogen-bond donors (Lipinski definition) is 2. The number of hydrogen-bond acceptors (Lipinski definition) is 4. The van der Waals surface area contributed by atoms with E-state index < -0.39 is 0 Å². The molecule has 0 aliphatic carbocycles. The SMILES string of the molecule is CCN(CCN)C(=O)c1cc(OC)ccc1O. The number of nitrogens with zero attached hydrogens (tertiary/aromatic N) is 1. The van der Waals surface area contributed by atoms with Crippen molar-refractivity contribution < 1.29 is 14.6 Å². The first-order valence-electron chi connectivity index (χ1n) is 5.50. The topological polar surface area (TPSA) is 75.8 Å². The molecule has 0 unspecified atom stereocenters. The molecular formula is C12H18N2O3. The largest absolute Gasteiger partial charge is 0.507 e. The Bertz CT molecular complexity index is 393. The van der Waals surface area contributed by atoms with Gasteiger partial charge in [-0.3, -0.25) is 4.79 Å². The Morgan fingerprint density at radius 2 is 2.24 bits per heavy atom. The minimum atomic E-state index is -0.241. The van der Waals surface area contributed by atoms with E-state index in [1.54, 1.807) is 11.0 Å². The van der Waals surface area contributed by atoms with Crippen LogP contribution in [0.2, 0.25) is 0 Å². The molecule has 0 heterocycles. The van der Waals surface area contributed by atoms with Crippen LogP contribution >= 0.6 is 0 Å². The number of likely N-dealkylation sites (N-methyl/N-ethyl adjacent to an activating group) is 1. The van der Waals surface area contributed by atoms with Crippen molar-refractivity contribution in [1.82, 2.24) is 4.90 Å². The smallest absolute Gasteiger partial charge is 0.257 e. The Labute approximate surface area is 101 Å². The number of methoxy groups -OCH3 is 1. The third-order valence-corrected chi connectivity index (χ3v) is 2.50. The molecule has 0 spiro atoms. The lowest BCUT2D eigenvalue weighted by molar-refractivity contribution is 0.0765. The minimum absolute atomic E-state index is 0.0497. The maximum atomic E-state index is 12.1.